The van der Waals surface area contributed by atoms with Gasteiger partial charge < -0.3 is 14.5 Å². The molecule has 0 spiro atoms. The second kappa shape index (κ2) is 7.64. The molecule has 2 fully saturated rings. The van der Waals surface area contributed by atoms with Crippen LogP contribution in [0, 0.1) is 0 Å². The summed E-state index contributed by atoms with van der Waals surface area (Å²) in [7, 11) is 1.65. The van der Waals surface area contributed by atoms with Crippen LogP contribution in [-0.2, 0) is 4.79 Å². The average molecular weight is 314 g/mol. The molecule has 2 saturated heterocycles. The molecule has 1 amide bonds. The predicted molar refractivity (Wildman–Crippen MR) is 92.4 cm³/mol. The largest absolute Gasteiger partial charge is 0.497 e. The summed E-state index contributed by atoms with van der Waals surface area (Å²) in [5.41, 5.74) is 0.994. The molecule has 1 unspecified atom stereocenters. The molecule has 1 aromatic rings. The van der Waals surface area contributed by atoms with E-state index in [1.165, 1.54) is 25.9 Å². The highest BCUT2D eigenvalue weighted by Crippen LogP contribution is 2.21. The maximum Gasteiger partial charge on any atom is 0.246 e. The van der Waals surface area contributed by atoms with E-state index in [-0.39, 0.29) is 5.91 Å². The van der Waals surface area contributed by atoms with Gasteiger partial charge in [0.1, 0.15) is 5.75 Å². The lowest BCUT2D eigenvalue weighted by atomic mass is 10.2. The Bertz CT molecular complexity index is 564. The van der Waals surface area contributed by atoms with Gasteiger partial charge in [0, 0.05) is 25.2 Å². The van der Waals surface area contributed by atoms with Crippen LogP contribution in [0.2, 0.25) is 0 Å². The van der Waals surface area contributed by atoms with Crippen LogP contribution in [0.25, 0.3) is 6.08 Å². The van der Waals surface area contributed by atoms with E-state index in [2.05, 4.69) is 9.80 Å². The average Bonchev–Trinajstić information content (AvgIpc) is 3.25. The molecule has 124 valence electrons. The fraction of sp³-hybridized carbons (Fsp3) is 0.526. The number of hydrogen-bond donors (Lipinski definition) is 0. The number of likely N-dealkylation sites (tertiary alicyclic amines) is 2. The number of carbonyl (C=O) groups excluding carboxylic acids is 1. The third-order valence-corrected chi connectivity index (χ3v) is 4.84. The number of carbonyl (C=O) groups is 1. The summed E-state index contributed by atoms with van der Waals surface area (Å²) in [6.07, 6.45) is 8.45. The molecule has 0 N–H and O–H groups in total. The van der Waals surface area contributed by atoms with Crippen LogP contribution in [0.1, 0.15) is 31.2 Å². The Morgan fingerprint density at radius 3 is 2.87 bits per heavy atom. The van der Waals surface area contributed by atoms with Crippen molar-refractivity contribution in [3.63, 3.8) is 0 Å². The minimum absolute atomic E-state index is 0.134. The Hall–Kier alpha value is -1.81. The molecule has 1 aromatic carbocycles. The van der Waals surface area contributed by atoms with E-state index in [1.54, 1.807) is 13.2 Å². The summed E-state index contributed by atoms with van der Waals surface area (Å²) in [6.45, 7) is 4.31. The zero-order valence-electron chi connectivity index (χ0n) is 13.9. The smallest absolute Gasteiger partial charge is 0.246 e. The molecular weight excluding hydrogens is 288 g/mol. The van der Waals surface area contributed by atoms with Gasteiger partial charge in [0.2, 0.25) is 5.91 Å². The van der Waals surface area contributed by atoms with Crippen LogP contribution in [0.4, 0.5) is 0 Å². The lowest BCUT2D eigenvalue weighted by Gasteiger charge is -2.27. The van der Waals surface area contributed by atoms with Gasteiger partial charge >= 0.3 is 0 Å². The fourth-order valence-corrected chi connectivity index (χ4v) is 3.59. The molecule has 2 aliphatic rings. The van der Waals surface area contributed by atoms with Crippen LogP contribution in [0.3, 0.4) is 0 Å². The number of benzene rings is 1. The van der Waals surface area contributed by atoms with E-state index in [0.717, 1.165) is 37.2 Å². The summed E-state index contributed by atoms with van der Waals surface area (Å²) in [5, 5.41) is 0. The van der Waals surface area contributed by atoms with Crippen LogP contribution >= 0.6 is 0 Å². The Morgan fingerprint density at radius 1 is 1.26 bits per heavy atom. The third-order valence-electron chi connectivity index (χ3n) is 4.84. The molecule has 23 heavy (non-hydrogen) atoms. The van der Waals surface area contributed by atoms with Crippen molar-refractivity contribution < 1.29 is 9.53 Å². The van der Waals surface area contributed by atoms with Crippen molar-refractivity contribution in [2.45, 2.75) is 31.7 Å². The Morgan fingerprint density at radius 2 is 2.09 bits per heavy atom. The summed E-state index contributed by atoms with van der Waals surface area (Å²) in [6, 6.07) is 8.16. The molecule has 4 heteroatoms. The second-order valence-corrected chi connectivity index (χ2v) is 6.45. The minimum atomic E-state index is 0.134. The molecule has 1 atom stereocenters. The van der Waals surface area contributed by atoms with Gasteiger partial charge in [-0.3, -0.25) is 4.79 Å². The quantitative estimate of drug-likeness (QED) is 0.784. The van der Waals surface area contributed by atoms with Gasteiger partial charge in [0.25, 0.3) is 0 Å². The molecule has 2 aliphatic heterocycles. The van der Waals surface area contributed by atoms with Gasteiger partial charge in [-0.05, 0) is 62.5 Å². The molecule has 0 aliphatic carbocycles. The fourth-order valence-electron chi connectivity index (χ4n) is 3.59. The Balaban J connectivity index is 1.60. The molecule has 3 rings (SSSR count). The number of rotatable bonds is 5. The monoisotopic (exact) mass is 314 g/mol. The van der Waals surface area contributed by atoms with E-state index in [4.69, 9.17) is 4.74 Å². The lowest BCUT2D eigenvalue weighted by Crippen LogP contribution is -2.41. The first kappa shape index (κ1) is 16.1. The first-order valence-corrected chi connectivity index (χ1v) is 8.61. The van der Waals surface area contributed by atoms with Crippen LogP contribution in [0.5, 0.6) is 5.75 Å². The molecule has 0 radical (unpaired) electrons. The van der Waals surface area contributed by atoms with E-state index in [1.807, 2.05) is 30.3 Å². The van der Waals surface area contributed by atoms with E-state index < -0.39 is 0 Å². The molecule has 4 nitrogen and oxygen atoms in total. The number of methoxy groups -OCH3 is 1. The van der Waals surface area contributed by atoms with Gasteiger partial charge in [-0.2, -0.15) is 0 Å². The SMILES string of the molecule is COc1cccc(C=CC(=O)N2CCCC2CN2CCCC2)c1. The van der Waals surface area contributed by atoms with Gasteiger partial charge in [-0.15, -0.1) is 0 Å². The summed E-state index contributed by atoms with van der Waals surface area (Å²) in [4.78, 5) is 17.1. The highest BCUT2D eigenvalue weighted by Gasteiger charge is 2.29. The second-order valence-electron chi connectivity index (χ2n) is 6.45. The molecule has 0 aromatic heterocycles. The standard InChI is InChI=1S/C19H26N2O2/c1-23-18-8-4-6-16(14-18)9-10-19(22)21-13-5-7-17(21)15-20-11-2-3-12-20/h4,6,8-10,14,17H,2-3,5,7,11-13,15H2,1H3. The van der Waals surface area contributed by atoms with Crippen molar-refractivity contribution in [2.75, 3.05) is 33.3 Å². The molecule has 0 bridgehead atoms. The van der Waals surface area contributed by atoms with Crippen molar-refractivity contribution >= 4 is 12.0 Å². The maximum atomic E-state index is 12.5. The topological polar surface area (TPSA) is 32.8 Å². The summed E-state index contributed by atoms with van der Waals surface area (Å²) in [5.74, 6) is 0.946. The minimum Gasteiger partial charge on any atom is -0.497 e. The molecule has 0 saturated carbocycles. The Labute approximate surface area is 138 Å². The predicted octanol–water partition coefficient (Wildman–Crippen LogP) is 2.80. The lowest BCUT2D eigenvalue weighted by molar-refractivity contribution is -0.127. The van der Waals surface area contributed by atoms with Crippen molar-refractivity contribution in [1.29, 1.82) is 0 Å². The van der Waals surface area contributed by atoms with E-state index in [0.29, 0.717) is 6.04 Å². The number of amides is 1. The van der Waals surface area contributed by atoms with Crippen molar-refractivity contribution in [3.8, 4) is 5.75 Å². The highest BCUT2D eigenvalue weighted by atomic mass is 16.5. The van der Waals surface area contributed by atoms with Crippen LogP contribution in [0.15, 0.2) is 30.3 Å². The summed E-state index contributed by atoms with van der Waals surface area (Å²) < 4.78 is 5.22. The van der Waals surface area contributed by atoms with Crippen LogP contribution in [-0.4, -0.2) is 55.0 Å². The van der Waals surface area contributed by atoms with Gasteiger partial charge in [0.05, 0.1) is 7.11 Å². The van der Waals surface area contributed by atoms with Gasteiger partial charge in [-0.1, -0.05) is 12.1 Å². The zero-order valence-corrected chi connectivity index (χ0v) is 13.9. The highest BCUT2D eigenvalue weighted by molar-refractivity contribution is 5.92. The number of nitrogens with zero attached hydrogens (tertiary/aromatic N) is 2. The van der Waals surface area contributed by atoms with Crippen molar-refractivity contribution in [1.82, 2.24) is 9.80 Å². The normalized spacial score (nSPS) is 22.1. The summed E-state index contributed by atoms with van der Waals surface area (Å²) >= 11 is 0. The Kier molecular flexibility index (Phi) is 5.34. The van der Waals surface area contributed by atoms with Crippen molar-refractivity contribution in [3.05, 3.63) is 35.9 Å². The number of ether oxygens (including phenoxy) is 1. The molecular formula is C19H26N2O2. The third kappa shape index (κ3) is 4.14. The van der Waals surface area contributed by atoms with Crippen molar-refractivity contribution in [2.24, 2.45) is 0 Å². The first-order chi connectivity index (χ1) is 11.3. The van der Waals surface area contributed by atoms with E-state index in [9.17, 15) is 4.79 Å². The zero-order chi connectivity index (χ0) is 16.1. The van der Waals surface area contributed by atoms with Crippen LogP contribution < -0.4 is 4.74 Å². The van der Waals surface area contributed by atoms with Gasteiger partial charge in [-0.25, -0.2) is 0 Å². The first-order valence-electron chi connectivity index (χ1n) is 8.61. The number of hydrogen-bond acceptors (Lipinski definition) is 3. The molecule has 2 heterocycles. The van der Waals surface area contributed by atoms with E-state index >= 15 is 0 Å². The maximum absolute atomic E-state index is 12.5. The van der Waals surface area contributed by atoms with Gasteiger partial charge in [0.15, 0.2) is 0 Å².